The molecule has 0 saturated carbocycles. The molecular formula is C10H14N2OS. The van der Waals surface area contributed by atoms with Crippen LogP contribution < -0.4 is 0 Å². The lowest BCUT2D eigenvalue weighted by Crippen LogP contribution is -2.36. The van der Waals surface area contributed by atoms with Gasteiger partial charge in [0.2, 0.25) is 0 Å². The van der Waals surface area contributed by atoms with Gasteiger partial charge < -0.3 is 4.98 Å². The second kappa shape index (κ2) is 4.66. The molecule has 3 nitrogen and oxygen atoms in total. The van der Waals surface area contributed by atoms with E-state index in [0.29, 0.717) is 6.54 Å². The summed E-state index contributed by atoms with van der Waals surface area (Å²) in [6.07, 6.45) is 1.79. The van der Waals surface area contributed by atoms with Gasteiger partial charge in [0.05, 0.1) is 12.2 Å². The fourth-order valence-corrected chi connectivity index (χ4v) is 2.53. The average Bonchev–Trinajstić information content (AvgIpc) is 2.72. The van der Waals surface area contributed by atoms with E-state index in [1.54, 1.807) is 6.20 Å². The molecule has 1 fully saturated rings. The van der Waals surface area contributed by atoms with E-state index >= 15 is 0 Å². The molecule has 0 atom stereocenters. The van der Waals surface area contributed by atoms with E-state index in [9.17, 15) is 4.79 Å². The normalized spacial score (nSPS) is 18.3. The molecule has 0 aromatic carbocycles. The largest absolute Gasteiger partial charge is 0.359 e. The van der Waals surface area contributed by atoms with Crippen LogP contribution in [0.3, 0.4) is 0 Å². The molecule has 1 aromatic rings. The van der Waals surface area contributed by atoms with Crippen molar-refractivity contribution in [1.82, 2.24) is 9.88 Å². The van der Waals surface area contributed by atoms with Gasteiger partial charge >= 0.3 is 0 Å². The van der Waals surface area contributed by atoms with Crippen LogP contribution in [0.15, 0.2) is 18.3 Å². The standard InChI is InChI=1S/C10H14N2OS/c13-10(9-2-1-3-11-9)8-12-4-6-14-7-5-12/h1-3,11H,4-8H2. The zero-order valence-electron chi connectivity index (χ0n) is 8.03. The third-order valence-electron chi connectivity index (χ3n) is 2.37. The smallest absolute Gasteiger partial charge is 0.192 e. The number of hydrogen-bond donors (Lipinski definition) is 1. The molecule has 4 heteroatoms. The zero-order valence-corrected chi connectivity index (χ0v) is 8.85. The van der Waals surface area contributed by atoms with Crippen molar-refractivity contribution in [2.75, 3.05) is 31.1 Å². The maximum atomic E-state index is 11.7. The van der Waals surface area contributed by atoms with Crippen LogP contribution in [0.5, 0.6) is 0 Å². The Kier molecular flexibility index (Phi) is 3.26. The third kappa shape index (κ3) is 2.39. The molecule has 0 spiro atoms. The Balaban J connectivity index is 1.87. The number of thioether (sulfide) groups is 1. The highest BCUT2D eigenvalue weighted by atomic mass is 32.2. The van der Waals surface area contributed by atoms with Gasteiger partial charge in [-0.05, 0) is 12.1 Å². The molecule has 0 unspecified atom stereocenters. The van der Waals surface area contributed by atoms with Crippen molar-refractivity contribution in [2.24, 2.45) is 0 Å². The summed E-state index contributed by atoms with van der Waals surface area (Å²) in [7, 11) is 0. The van der Waals surface area contributed by atoms with Gasteiger partial charge in [-0.2, -0.15) is 11.8 Å². The first kappa shape index (κ1) is 9.80. The Morgan fingerprint density at radius 1 is 1.50 bits per heavy atom. The number of hydrogen-bond acceptors (Lipinski definition) is 3. The quantitative estimate of drug-likeness (QED) is 0.763. The maximum Gasteiger partial charge on any atom is 0.192 e. The van der Waals surface area contributed by atoms with Crippen molar-refractivity contribution >= 4 is 17.5 Å². The van der Waals surface area contributed by atoms with Crippen LogP contribution in [0.2, 0.25) is 0 Å². The number of H-pyrrole nitrogens is 1. The van der Waals surface area contributed by atoms with Crippen LogP contribution in [0.25, 0.3) is 0 Å². The number of nitrogens with zero attached hydrogens (tertiary/aromatic N) is 1. The molecule has 0 amide bonds. The summed E-state index contributed by atoms with van der Waals surface area (Å²) in [6, 6.07) is 3.69. The van der Waals surface area contributed by atoms with Gasteiger partial charge in [-0.3, -0.25) is 9.69 Å². The molecule has 1 aromatic heterocycles. The lowest BCUT2D eigenvalue weighted by Gasteiger charge is -2.24. The Labute approximate surface area is 87.9 Å². The molecule has 76 valence electrons. The summed E-state index contributed by atoms with van der Waals surface area (Å²) in [5.74, 6) is 2.50. The summed E-state index contributed by atoms with van der Waals surface area (Å²) in [6.45, 7) is 2.63. The van der Waals surface area contributed by atoms with E-state index < -0.39 is 0 Å². The van der Waals surface area contributed by atoms with E-state index in [1.165, 1.54) is 0 Å². The minimum atomic E-state index is 0.196. The SMILES string of the molecule is O=C(CN1CCSCC1)c1ccc[nH]1. The van der Waals surface area contributed by atoms with Crippen molar-refractivity contribution in [3.05, 3.63) is 24.0 Å². The van der Waals surface area contributed by atoms with Crippen LogP contribution in [0, 0.1) is 0 Å². The van der Waals surface area contributed by atoms with E-state index in [2.05, 4.69) is 9.88 Å². The van der Waals surface area contributed by atoms with Crippen LogP contribution in [0.1, 0.15) is 10.5 Å². The Bertz CT molecular complexity index is 291. The highest BCUT2D eigenvalue weighted by Crippen LogP contribution is 2.09. The number of carbonyl (C=O) groups excluding carboxylic acids is 1. The second-order valence-corrected chi connectivity index (χ2v) is 4.62. The molecule has 2 heterocycles. The predicted molar refractivity (Wildman–Crippen MR) is 58.9 cm³/mol. The van der Waals surface area contributed by atoms with Gasteiger partial charge in [-0.15, -0.1) is 0 Å². The van der Waals surface area contributed by atoms with Crippen molar-refractivity contribution in [3.63, 3.8) is 0 Å². The Morgan fingerprint density at radius 2 is 2.29 bits per heavy atom. The van der Waals surface area contributed by atoms with E-state index in [-0.39, 0.29) is 5.78 Å². The summed E-state index contributed by atoms with van der Waals surface area (Å²) in [5.41, 5.74) is 0.725. The van der Waals surface area contributed by atoms with Crippen molar-refractivity contribution in [2.45, 2.75) is 0 Å². The van der Waals surface area contributed by atoms with Gasteiger partial charge in [-0.25, -0.2) is 0 Å². The highest BCUT2D eigenvalue weighted by molar-refractivity contribution is 7.99. The summed E-state index contributed by atoms with van der Waals surface area (Å²) in [4.78, 5) is 16.9. The number of aromatic amines is 1. The Hall–Kier alpha value is -0.740. The molecule has 1 aliphatic rings. The monoisotopic (exact) mass is 210 g/mol. The van der Waals surface area contributed by atoms with Crippen molar-refractivity contribution in [3.8, 4) is 0 Å². The fraction of sp³-hybridized carbons (Fsp3) is 0.500. The summed E-state index contributed by atoms with van der Waals surface area (Å²) < 4.78 is 0. The Morgan fingerprint density at radius 3 is 2.93 bits per heavy atom. The number of aromatic nitrogens is 1. The van der Waals surface area contributed by atoms with E-state index in [1.807, 2.05) is 23.9 Å². The first-order chi connectivity index (χ1) is 6.86. The highest BCUT2D eigenvalue weighted by Gasteiger charge is 2.15. The first-order valence-corrected chi connectivity index (χ1v) is 5.98. The van der Waals surface area contributed by atoms with E-state index in [4.69, 9.17) is 0 Å². The van der Waals surface area contributed by atoms with Crippen molar-refractivity contribution in [1.29, 1.82) is 0 Å². The van der Waals surface area contributed by atoms with Crippen LogP contribution in [0.4, 0.5) is 0 Å². The second-order valence-electron chi connectivity index (χ2n) is 3.40. The summed E-state index contributed by atoms with van der Waals surface area (Å²) in [5, 5.41) is 0. The molecule has 0 bridgehead atoms. The van der Waals surface area contributed by atoms with Gasteiger partial charge in [0.25, 0.3) is 0 Å². The van der Waals surface area contributed by atoms with Gasteiger partial charge in [0.1, 0.15) is 0 Å². The first-order valence-electron chi connectivity index (χ1n) is 4.83. The van der Waals surface area contributed by atoms with Crippen molar-refractivity contribution < 1.29 is 4.79 Å². The van der Waals surface area contributed by atoms with Crippen LogP contribution in [-0.2, 0) is 0 Å². The van der Waals surface area contributed by atoms with Crippen LogP contribution >= 0.6 is 11.8 Å². The minimum absolute atomic E-state index is 0.196. The molecule has 14 heavy (non-hydrogen) atoms. The molecule has 1 aliphatic heterocycles. The zero-order chi connectivity index (χ0) is 9.80. The third-order valence-corrected chi connectivity index (χ3v) is 3.31. The number of ketones is 1. The molecule has 0 aliphatic carbocycles. The molecule has 1 saturated heterocycles. The number of Topliss-reactive ketones (excluding diaryl/α,β-unsaturated/α-hetero) is 1. The fourth-order valence-electron chi connectivity index (χ4n) is 1.55. The average molecular weight is 210 g/mol. The molecule has 0 radical (unpaired) electrons. The number of nitrogens with one attached hydrogen (secondary N) is 1. The molecular weight excluding hydrogens is 196 g/mol. The maximum absolute atomic E-state index is 11.7. The molecule has 2 rings (SSSR count). The topological polar surface area (TPSA) is 36.1 Å². The molecule has 1 N–H and O–H groups in total. The number of carbonyl (C=O) groups is 1. The van der Waals surface area contributed by atoms with Gasteiger partial charge in [0, 0.05) is 30.8 Å². The predicted octanol–water partition coefficient (Wildman–Crippen LogP) is 1.25. The lowest BCUT2D eigenvalue weighted by molar-refractivity contribution is 0.0933. The van der Waals surface area contributed by atoms with Crippen LogP contribution in [-0.4, -0.2) is 46.8 Å². The summed E-state index contributed by atoms with van der Waals surface area (Å²) >= 11 is 1.96. The minimum Gasteiger partial charge on any atom is -0.359 e. The number of rotatable bonds is 3. The van der Waals surface area contributed by atoms with E-state index in [0.717, 1.165) is 30.3 Å². The lowest BCUT2D eigenvalue weighted by atomic mass is 10.2. The van der Waals surface area contributed by atoms with Gasteiger partial charge in [0.15, 0.2) is 5.78 Å². The van der Waals surface area contributed by atoms with Gasteiger partial charge in [-0.1, -0.05) is 0 Å².